The molecule has 2 bridgehead atoms. The summed E-state index contributed by atoms with van der Waals surface area (Å²) in [6.07, 6.45) is 7.20. The van der Waals surface area contributed by atoms with Crippen molar-refractivity contribution in [1.82, 2.24) is 0 Å². The topological polar surface area (TPSA) is 0 Å². The van der Waals surface area contributed by atoms with Crippen LogP contribution in [0.3, 0.4) is 0 Å². The summed E-state index contributed by atoms with van der Waals surface area (Å²) in [4.78, 5) is 1.61. The zero-order valence-electron chi connectivity index (χ0n) is 15.8. The number of thioether (sulfide) groups is 4. The molecule has 1 saturated heterocycles. The molecule has 1 aromatic carbocycles. The number of hydrogen-bond donors (Lipinski definition) is 0. The standard InChI is InChI=1S/C21H26S4/c1-12-7-9-13(10-8-12)16-17(22-5)14-11-15(20(2,3)4)19-18(14)24-21(16,23-6)25-19/h7-11,14,18-19H,1-6H3/t14-,18-,19+,21+/m0/s1. The maximum Gasteiger partial charge on any atom is 0.134 e. The molecule has 0 nitrogen and oxygen atoms in total. The van der Waals surface area contributed by atoms with Crippen molar-refractivity contribution in [3.63, 3.8) is 0 Å². The zero-order valence-corrected chi connectivity index (χ0v) is 19.0. The van der Waals surface area contributed by atoms with Gasteiger partial charge in [-0.25, -0.2) is 0 Å². The second-order valence-electron chi connectivity index (χ2n) is 8.09. The van der Waals surface area contributed by atoms with Crippen LogP contribution >= 0.6 is 47.0 Å². The number of aryl methyl sites for hydroxylation is 1. The summed E-state index contributed by atoms with van der Waals surface area (Å²) in [7, 11) is 0. The maximum atomic E-state index is 2.62. The highest BCUT2D eigenvalue weighted by Crippen LogP contribution is 2.74. The molecule has 1 fully saturated rings. The Morgan fingerprint density at radius 3 is 2.28 bits per heavy atom. The first kappa shape index (κ1) is 18.5. The Balaban J connectivity index is 1.91. The summed E-state index contributed by atoms with van der Waals surface area (Å²) in [5.41, 5.74) is 6.27. The minimum absolute atomic E-state index is 0.143. The largest absolute Gasteiger partial charge is 0.134 e. The predicted octanol–water partition coefficient (Wildman–Crippen LogP) is 6.92. The van der Waals surface area contributed by atoms with Crippen LogP contribution in [0.2, 0.25) is 0 Å². The van der Waals surface area contributed by atoms with Gasteiger partial charge in [-0.2, -0.15) is 0 Å². The molecule has 134 valence electrons. The summed E-state index contributed by atoms with van der Waals surface area (Å²) in [6.45, 7) is 9.32. The van der Waals surface area contributed by atoms with Gasteiger partial charge in [0, 0.05) is 22.0 Å². The minimum Gasteiger partial charge on any atom is -0.133 e. The molecule has 0 saturated carbocycles. The van der Waals surface area contributed by atoms with Crippen LogP contribution in [0, 0.1) is 18.3 Å². The second-order valence-corrected chi connectivity index (χ2v) is 13.5. The molecule has 0 spiro atoms. The van der Waals surface area contributed by atoms with Gasteiger partial charge in [-0.1, -0.05) is 62.2 Å². The summed E-state index contributed by atoms with van der Waals surface area (Å²) in [5.74, 6) is 0.589. The van der Waals surface area contributed by atoms with Gasteiger partial charge in [0.25, 0.3) is 0 Å². The van der Waals surface area contributed by atoms with Crippen LogP contribution in [-0.2, 0) is 0 Å². The van der Waals surface area contributed by atoms with Gasteiger partial charge >= 0.3 is 0 Å². The van der Waals surface area contributed by atoms with Crippen LogP contribution in [0.1, 0.15) is 31.9 Å². The third kappa shape index (κ3) is 2.78. The molecule has 2 aliphatic heterocycles. The van der Waals surface area contributed by atoms with E-state index in [4.69, 9.17) is 0 Å². The molecule has 0 amide bonds. The summed E-state index contributed by atoms with van der Waals surface area (Å²) in [6, 6.07) is 9.19. The molecule has 2 heterocycles. The number of hydrogen-bond acceptors (Lipinski definition) is 4. The molecular weight excluding hydrogens is 380 g/mol. The van der Waals surface area contributed by atoms with Crippen LogP contribution in [0.4, 0.5) is 0 Å². The smallest absolute Gasteiger partial charge is 0.133 e. The zero-order chi connectivity index (χ0) is 18.0. The molecule has 1 aromatic rings. The number of benzene rings is 1. The molecule has 0 radical (unpaired) electrons. The average molecular weight is 407 g/mol. The van der Waals surface area contributed by atoms with Gasteiger partial charge in [-0.3, -0.25) is 0 Å². The van der Waals surface area contributed by atoms with E-state index in [1.54, 1.807) is 16.1 Å². The van der Waals surface area contributed by atoms with Crippen molar-refractivity contribution >= 4 is 52.6 Å². The highest BCUT2D eigenvalue weighted by atomic mass is 32.3. The Hall–Kier alpha value is 0.1000. The Labute approximate surface area is 169 Å². The van der Waals surface area contributed by atoms with Gasteiger partial charge in [-0.05, 0) is 35.3 Å². The van der Waals surface area contributed by atoms with Crippen molar-refractivity contribution in [3.8, 4) is 0 Å². The lowest BCUT2D eigenvalue weighted by molar-refractivity contribution is 0.494. The van der Waals surface area contributed by atoms with Crippen LogP contribution in [-0.4, -0.2) is 26.4 Å². The summed E-state index contributed by atoms with van der Waals surface area (Å²) >= 11 is 8.47. The Bertz CT molecular complexity index is 753. The number of fused-ring (bicyclic) bond motifs is 1. The molecule has 1 aliphatic carbocycles. The lowest BCUT2D eigenvalue weighted by atomic mass is 9.86. The van der Waals surface area contributed by atoms with E-state index >= 15 is 0 Å². The molecule has 0 unspecified atom stereocenters. The molecule has 0 aromatic heterocycles. The molecule has 4 atom stereocenters. The van der Waals surface area contributed by atoms with E-state index in [9.17, 15) is 0 Å². The highest BCUT2D eigenvalue weighted by Gasteiger charge is 2.60. The Morgan fingerprint density at radius 1 is 1.04 bits per heavy atom. The minimum atomic E-state index is 0.143. The van der Waals surface area contributed by atoms with Crippen LogP contribution in [0.15, 0.2) is 40.8 Å². The first-order valence-electron chi connectivity index (χ1n) is 8.79. The summed E-state index contributed by atoms with van der Waals surface area (Å²) < 4.78 is 0.143. The number of allylic oxidation sites excluding steroid dienone is 2. The van der Waals surface area contributed by atoms with E-state index < -0.39 is 0 Å². The van der Waals surface area contributed by atoms with E-state index in [1.165, 1.54) is 11.1 Å². The predicted molar refractivity (Wildman–Crippen MR) is 122 cm³/mol. The van der Waals surface area contributed by atoms with Crippen molar-refractivity contribution in [2.45, 2.75) is 41.6 Å². The van der Waals surface area contributed by atoms with E-state index in [1.807, 2.05) is 23.5 Å². The van der Waals surface area contributed by atoms with Gasteiger partial charge in [0.1, 0.15) is 3.41 Å². The third-order valence-corrected chi connectivity index (χ3v) is 12.1. The highest BCUT2D eigenvalue weighted by molar-refractivity contribution is 8.37. The third-order valence-electron chi connectivity index (χ3n) is 5.44. The van der Waals surface area contributed by atoms with Crippen molar-refractivity contribution in [3.05, 3.63) is 51.9 Å². The fraction of sp³-hybridized carbons (Fsp3) is 0.524. The van der Waals surface area contributed by atoms with Gasteiger partial charge < -0.3 is 0 Å². The first-order valence-corrected chi connectivity index (χ1v) is 13.0. The van der Waals surface area contributed by atoms with E-state index in [0.29, 0.717) is 16.4 Å². The maximum absolute atomic E-state index is 2.62. The summed E-state index contributed by atoms with van der Waals surface area (Å²) in [5, 5.41) is 1.37. The molecule has 4 rings (SSSR count). The fourth-order valence-corrected chi connectivity index (χ4v) is 11.4. The number of rotatable bonds is 3. The first-order chi connectivity index (χ1) is 11.8. The van der Waals surface area contributed by atoms with Crippen LogP contribution in [0.5, 0.6) is 0 Å². The normalized spacial score (nSPS) is 33.8. The monoisotopic (exact) mass is 406 g/mol. The van der Waals surface area contributed by atoms with E-state index in [-0.39, 0.29) is 8.83 Å². The van der Waals surface area contributed by atoms with E-state index in [0.717, 1.165) is 0 Å². The molecular formula is C21H26S4. The Morgan fingerprint density at radius 2 is 1.72 bits per heavy atom. The van der Waals surface area contributed by atoms with Crippen molar-refractivity contribution in [2.75, 3.05) is 12.5 Å². The van der Waals surface area contributed by atoms with Crippen LogP contribution in [0.25, 0.3) is 5.57 Å². The van der Waals surface area contributed by atoms with Crippen molar-refractivity contribution in [2.24, 2.45) is 11.3 Å². The average Bonchev–Trinajstić information content (AvgIpc) is 3.07. The van der Waals surface area contributed by atoms with Gasteiger partial charge in [0.2, 0.25) is 0 Å². The van der Waals surface area contributed by atoms with Gasteiger partial charge in [-0.15, -0.1) is 47.0 Å². The quantitative estimate of drug-likeness (QED) is 0.499. The lowest BCUT2D eigenvalue weighted by Gasteiger charge is -2.38. The van der Waals surface area contributed by atoms with Crippen LogP contribution < -0.4 is 0 Å². The molecule has 0 N–H and O–H groups in total. The van der Waals surface area contributed by atoms with Crippen molar-refractivity contribution < 1.29 is 0 Å². The Kier molecular flexibility index (Phi) is 4.67. The van der Waals surface area contributed by atoms with Gasteiger partial charge in [0.05, 0.1) is 0 Å². The fourth-order valence-electron chi connectivity index (χ4n) is 4.20. The van der Waals surface area contributed by atoms with E-state index in [2.05, 4.69) is 94.1 Å². The molecule has 25 heavy (non-hydrogen) atoms. The SMILES string of the molecule is CSC1=C(c2ccc(C)cc2)[C@@]2(SC)S[C@@H]3[C@H](S2)C(C(C)(C)C)=C[C@@H]13. The molecule has 3 aliphatic rings. The lowest BCUT2D eigenvalue weighted by Crippen LogP contribution is -2.26. The second kappa shape index (κ2) is 6.32. The molecule has 4 heteroatoms. The van der Waals surface area contributed by atoms with Gasteiger partial charge in [0.15, 0.2) is 0 Å². The van der Waals surface area contributed by atoms with Crippen molar-refractivity contribution in [1.29, 1.82) is 0 Å².